The van der Waals surface area contributed by atoms with Crippen LogP contribution < -0.4 is 5.73 Å². The van der Waals surface area contributed by atoms with E-state index in [1.807, 2.05) is 0 Å². The number of pyridine rings is 2. The first-order valence-electron chi connectivity index (χ1n) is 4.81. The van der Waals surface area contributed by atoms with Gasteiger partial charge in [-0.25, -0.2) is 4.98 Å². The Bertz CT molecular complexity index is 551. The van der Waals surface area contributed by atoms with Gasteiger partial charge in [-0.05, 0) is 12.1 Å². The monoisotopic (exact) mass is 216 g/mol. The van der Waals surface area contributed by atoms with E-state index in [9.17, 15) is 4.79 Å². The number of carbonyl (C=O) groups is 1. The first-order valence-corrected chi connectivity index (χ1v) is 4.81. The lowest BCUT2D eigenvalue weighted by Gasteiger charge is -2.12. The first kappa shape index (κ1) is 10.4. The summed E-state index contributed by atoms with van der Waals surface area (Å²) < 4.78 is 0. The highest BCUT2D eigenvalue weighted by Gasteiger charge is 2.13. The molecule has 2 rings (SSSR count). The number of carbonyl (C=O) groups excluding carboxylic acids is 1. The maximum atomic E-state index is 11.8. The van der Waals surface area contributed by atoms with Crippen LogP contribution in [0.3, 0.4) is 0 Å². The van der Waals surface area contributed by atoms with Gasteiger partial charge in [0.25, 0.3) is 5.91 Å². The van der Waals surface area contributed by atoms with Gasteiger partial charge in [0.1, 0.15) is 5.82 Å². The van der Waals surface area contributed by atoms with E-state index in [1.54, 1.807) is 38.6 Å². The Hall–Kier alpha value is -2.17. The topological polar surface area (TPSA) is 72.1 Å². The van der Waals surface area contributed by atoms with Gasteiger partial charge in [0.15, 0.2) is 0 Å². The number of rotatable bonds is 1. The molecule has 1 amide bonds. The summed E-state index contributed by atoms with van der Waals surface area (Å²) >= 11 is 0. The summed E-state index contributed by atoms with van der Waals surface area (Å²) in [5.41, 5.74) is 6.89. The van der Waals surface area contributed by atoms with Gasteiger partial charge < -0.3 is 10.6 Å². The third kappa shape index (κ3) is 1.67. The van der Waals surface area contributed by atoms with Crippen LogP contribution in [0.1, 0.15) is 10.4 Å². The predicted molar refractivity (Wildman–Crippen MR) is 62.0 cm³/mol. The van der Waals surface area contributed by atoms with Crippen LogP contribution in [-0.2, 0) is 0 Å². The van der Waals surface area contributed by atoms with E-state index in [1.165, 1.54) is 4.90 Å². The number of hydrogen-bond donors (Lipinski definition) is 1. The van der Waals surface area contributed by atoms with Gasteiger partial charge in [0.2, 0.25) is 0 Å². The van der Waals surface area contributed by atoms with Gasteiger partial charge >= 0.3 is 0 Å². The molecule has 0 atom stereocenters. The number of anilines is 1. The van der Waals surface area contributed by atoms with E-state index in [2.05, 4.69) is 9.97 Å². The molecule has 0 aliphatic heterocycles. The van der Waals surface area contributed by atoms with Gasteiger partial charge in [-0.15, -0.1) is 0 Å². The van der Waals surface area contributed by atoms with Gasteiger partial charge in [-0.1, -0.05) is 0 Å². The molecule has 0 aromatic carbocycles. The van der Waals surface area contributed by atoms with Crippen molar-refractivity contribution in [3.05, 3.63) is 30.1 Å². The number of nitrogens with two attached hydrogens (primary N) is 1. The Morgan fingerprint density at radius 1 is 1.44 bits per heavy atom. The summed E-state index contributed by atoms with van der Waals surface area (Å²) in [7, 11) is 3.35. The van der Waals surface area contributed by atoms with E-state index in [0.29, 0.717) is 5.56 Å². The van der Waals surface area contributed by atoms with Crippen LogP contribution in [0.15, 0.2) is 24.5 Å². The quantitative estimate of drug-likeness (QED) is 0.769. The predicted octanol–water partition coefficient (Wildman–Crippen LogP) is 0.914. The molecule has 0 saturated carbocycles. The number of nitrogens with zero attached hydrogens (tertiary/aromatic N) is 3. The van der Waals surface area contributed by atoms with Crippen molar-refractivity contribution >= 4 is 22.6 Å². The smallest absolute Gasteiger partial charge is 0.257 e. The lowest BCUT2D eigenvalue weighted by atomic mass is 10.1. The summed E-state index contributed by atoms with van der Waals surface area (Å²) in [6.45, 7) is 0. The molecule has 2 N–H and O–H groups in total. The van der Waals surface area contributed by atoms with Crippen LogP contribution in [0.2, 0.25) is 0 Å². The molecule has 0 spiro atoms. The molecule has 16 heavy (non-hydrogen) atoms. The molecule has 2 heterocycles. The molecule has 0 unspecified atom stereocenters. The van der Waals surface area contributed by atoms with Crippen molar-refractivity contribution in [2.24, 2.45) is 0 Å². The highest BCUT2D eigenvalue weighted by atomic mass is 16.2. The minimum Gasteiger partial charge on any atom is -0.383 e. The molecular weight excluding hydrogens is 204 g/mol. The van der Waals surface area contributed by atoms with Crippen LogP contribution in [0, 0.1) is 0 Å². The van der Waals surface area contributed by atoms with Crippen molar-refractivity contribution in [2.45, 2.75) is 0 Å². The molecule has 0 aliphatic carbocycles. The second kappa shape index (κ2) is 3.77. The summed E-state index contributed by atoms with van der Waals surface area (Å²) in [4.78, 5) is 21.4. The fourth-order valence-corrected chi connectivity index (χ4v) is 1.44. The van der Waals surface area contributed by atoms with E-state index in [-0.39, 0.29) is 11.7 Å². The maximum Gasteiger partial charge on any atom is 0.257 e. The highest BCUT2D eigenvalue weighted by Crippen LogP contribution is 2.18. The molecule has 5 heteroatoms. The van der Waals surface area contributed by atoms with Crippen molar-refractivity contribution in [1.29, 1.82) is 0 Å². The fraction of sp³-hybridized carbons (Fsp3) is 0.182. The Morgan fingerprint density at radius 2 is 2.19 bits per heavy atom. The van der Waals surface area contributed by atoms with Crippen LogP contribution in [0.5, 0.6) is 0 Å². The Labute approximate surface area is 92.9 Å². The third-order valence-electron chi connectivity index (χ3n) is 2.28. The van der Waals surface area contributed by atoms with Gasteiger partial charge in [0.05, 0.1) is 11.1 Å². The van der Waals surface area contributed by atoms with Crippen LogP contribution in [-0.4, -0.2) is 34.9 Å². The molecule has 2 aromatic heterocycles. The Morgan fingerprint density at radius 3 is 2.88 bits per heavy atom. The van der Waals surface area contributed by atoms with E-state index < -0.39 is 0 Å². The Kier molecular flexibility index (Phi) is 2.44. The first-order chi connectivity index (χ1) is 7.59. The minimum absolute atomic E-state index is 0.157. The standard InChI is InChI=1S/C11H12N4O/c1-15(2)11(16)8-5-7-6-13-4-3-9(7)14-10(8)12/h3-6H,1-2H3,(H2,12,14). The maximum absolute atomic E-state index is 11.8. The average Bonchev–Trinajstić information content (AvgIpc) is 2.27. The van der Waals surface area contributed by atoms with Crippen LogP contribution in [0.4, 0.5) is 5.82 Å². The molecular formula is C11H12N4O. The van der Waals surface area contributed by atoms with Crippen molar-refractivity contribution < 1.29 is 4.79 Å². The van der Waals surface area contributed by atoms with Crippen molar-refractivity contribution in [1.82, 2.24) is 14.9 Å². The summed E-state index contributed by atoms with van der Waals surface area (Å²) in [6.07, 6.45) is 3.30. The number of fused-ring (bicyclic) bond motifs is 1. The third-order valence-corrected chi connectivity index (χ3v) is 2.28. The van der Waals surface area contributed by atoms with Crippen molar-refractivity contribution in [3.8, 4) is 0 Å². The molecule has 0 saturated heterocycles. The molecule has 2 aromatic rings. The van der Waals surface area contributed by atoms with Crippen molar-refractivity contribution in [2.75, 3.05) is 19.8 Å². The summed E-state index contributed by atoms with van der Waals surface area (Å²) in [6, 6.07) is 3.47. The number of nitrogen functional groups attached to an aromatic ring is 1. The fourth-order valence-electron chi connectivity index (χ4n) is 1.44. The molecule has 82 valence electrons. The Balaban J connectivity index is 2.63. The zero-order valence-corrected chi connectivity index (χ0v) is 9.14. The van der Waals surface area contributed by atoms with Gasteiger partial charge in [0, 0.05) is 31.9 Å². The molecule has 0 bridgehead atoms. The van der Waals surface area contributed by atoms with Gasteiger partial charge in [-0.3, -0.25) is 9.78 Å². The lowest BCUT2D eigenvalue weighted by Crippen LogP contribution is -2.23. The zero-order valence-electron chi connectivity index (χ0n) is 9.14. The van der Waals surface area contributed by atoms with Gasteiger partial charge in [-0.2, -0.15) is 0 Å². The van der Waals surface area contributed by atoms with E-state index in [4.69, 9.17) is 5.73 Å². The number of hydrogen-bond acceptors (Lipinski definition) is 4. The molecule has 0 radical (unpaired) electrons. The summed E-state index contributed by atoms with van der Waals surface area (Å²) in [5, 5.41) is 0.807. The molecule has 0 fully saturated rings. The van der Waals surface area contributed by atoms with Crippen LogP contribution in [0.25, 0.3) is 10.9 Å². The second-order valence-corrected chi connectivity index (χ2v) is 3.69. The molecule has 0 aliphatic rings. The number of aromatic nitrogens is 2. The number of amides is 1. The minimum atomic E-state index is -0.157. The largest absolute Gasteiger partial charge is 0.383 e. The normalized spacial score (nSPS) is 10.4. The van der Waals surface area contributed by atoms with Crippen molar-refractivity contribution in [3.63, 3.8) is 0 Å². The SMILES string of the molecule is CN(C)C(=O)c1cc2cnccc2nc1N. The van der Waals surface area contributed by atoms with Crippen LogP contribution >= 0.6 is 0 Å². The van der Waals surface area contributed by atoms with E-state index >= 15 is 0 Å². The molecule has 5 nitrogen and oxygen atoms in total. The lowest BCUT2D eigenvalue weighted by molar-refractivity contribution is 0.0828. The highest BCUT2D eigenvalue weighted by molar-refractivity contribution is 6.01. The average molecular weight is 216 g/mol. The second-order valence-electron chi connectivity index (χ2n) is 3.69. The zero-order chi connectivity index (χ0) is 11.7. The van der Waals surface area contributed by atoms with E-state index in [0.717, 1.165) is 10.9 Å². The summed E-state index contributed by atoms with van der Waals surface area (Å²) in [5.74, 6) is 0.0909.